The van der Waals surface area contributed by atoms with Crippen molar-refractivity contribution in [3.05, 3.63) is 47.5 Å². The molecular formula is C19H19ClN4O2S. The Balaban J connectivity index is 1.84. The zero-order valence-electron chi connectivity index (χ0n) is 14.9. The number of aromatic nitrogens is 1. The largest absolute Gasteiger partial charge is 0.495 e. The Bertz CT molecular complexity index is 1020. The number of hydrogen-bond donors (Lipinski definition) is 2. The molecule has 2 N–H and O–H groups in total. The van der Waals surface area contributed by atoms with E-state index >= 15 is 0 Å². The van der Waals surface area contributed by atoms with Gasteiger partial charge in [-0.15, -0.1) is 10.2 Å². The topological polar surface area (TPSA) is 71.1 Å². The lowest BCUT2D eigenvalue weighted by Gasteiger charge is -2.06. The molecule has 0 unspecified atom stereocenters. The highest BCUT2D eigenvalue weighted by atomic mass is 35.5. The maximum Gasteiger partial charge on any atom is 0.220 e. The lowest BCUT2D eigenvalue weighted by atomic mass is 10.2. The standard InChI is InChI=1S/C19H19ClN4O2S/c1-3-10-24-15-7-5-4-6-13(15)17(18(24)25)22-23-19(27)21-12-8-9-16(26-2)14(20)11-12/h4-9,11,25H,3,10H2,1-2H3,(H,21,27). The van der Waals surface area contributed by atoms with Gasteiger partial charge < -0.3 is 19.7 Å². The van der Waals surface area contributed by atoms with Crippen LogP contribution in [0.5, 0.6) is 11.6 Å². The summed E-state index contributed by atoms with van der Waals surface area (Å²) in [5.41, 5.74) is 1.98. The molecule has 1 aromatic heterocycles. The normalized spacial score (nSPS) is 11.2. The van der Waals surface area contributed by atoms with Gasteiger partial charge in [0.15, 0.2) is 5.69 Å². The molecule has 0 atom stereocenters. The molecule has 8 heteroatoms. The van der Waals surface area contributed by atoms with Crippen LogP contribution in [-0.2, 0) is 6.54 Å². The van der Waals surface area contributed by atoms with Crippen LogP contribution in [0.25, 0.3) is 10.9 Å². The van der Waals surface area contributed by atoms with Crippen LogP contribution in [-0.4, -0.2) is 21.9 Å². The summed E-state index contributed by atoms with van der Waals surface area (Å²) in [6.45, 7) is 2.74. The van der Waals surface area contributed by atoms with Gasteiger partial charge in [0.25, 0.3) is 0 Å². The van der Waals surface area contributed by atoms with E-state index in [4.69, 9.17) is 28.6 Å². The van der Waals surface area contributed by atoms with Gasteiger partial charge in [-0.25, -0.2) is 0 Å². The Morgan fingerprint density at radius 2 is 2.07 bits per heavy atom. The van der Waals surface area contributed by atoms with E-state index in [9.17, 15) is 5.11 Å². The third-order valence-electron chi connectivity index (χ3n) is 4.01. The number of para-hydroxylation sites is 1. The van der Waals surface area contributed by atoms with Crippen molar-refractivity contribution in [3.8, 4) is 11.6 Å². The summed E-state index contributed by atoms with van der Waals surface area (Å²) in [5.74, 6) is 0.653. The van der Waals surface area contributed by atoms with Gasteiger partial charge in [-0.05, 0) is 42.9 Å². The molecule has 0 aliphatic rings. The molecule has 27 heavy (non-hydrogen) atoms. The molecule has 0 spiro atoms. The zero-order valence-corrected chi connectivity index (χ0v) is 16.5. The number of nitrogens with one attached hydrogen (secondary N) is 1. The summed E-state index contributed by atoms with van der Waals surface area (Å²) >= 11 is 11.3. The predicted octanol–water partition coefficient (Wildman–Crippen LogP) is 5.90. The smallest absolute Gasteiger partial charge is 0.220 e. The van der Waals surface area contributed by atoms with Gasteiger partial charge in [-0.3, -0.25) is 0 Å². The summed E-state index contributed by atoms with van der Waals surface area (Å²) in [5, 5.41) is 23.2. The number of thiocarbonyl (C=S) groups is 1. The lowest BCUT2D eigenvalue weighted by Crippen LogP contribution is -2.04. The van der Waals surface area contributed by atoms with Crippen LogP contribution in [0.1, 0.15) is 13.3 Å². The third-order valence-corrected chi connectivity index (χ3v) is 4.49. The van der Waals surface area contributed by atoms with Crippen molar-refractivity contribution >= 4 is 51.2 Å². The quantitative estimate of drug-likeness (QED) is 0.411. The summed E-state index contributed by atoms with van der Waals surface area (Å²) in [4.78, 5) is 0. The Morgan fingerprint density at radius 1 is 1.30 bits per heavy atom. The minimum Gasteiger partial charge on any atom is -0.495 e. The van der Waals surface area contributed by atoms with Gasteiger partial charge >= 0.3 is 0 Å². The van der Waals surface area contributed by atoms with Crippen molar-refractivity contribution in [2.45, 2.75) is 19.9 Å². The lowest BCUT2D eigenvalue weighted by molar-refractivity contribution is 0.415. The van der Waals surface area contributed by atoms with Crippen molar-refractivity contribution < 1.29 is 9.84 Å². The number of benzene rings is 2. The number of fused-ring (bicyclic) bond motifs is 1. The van der Waals surface area contributed by atoms with E-state index in [0.717, 1.165) is 17.3 Å². The van der Waals surface area contributed by atoms with Gasteiger partial charge in [0.05, 0.1) is 17.6 Å². The fraction of sp³-hybridized carbons (Fsp3) is 0.211. The Labute approximate surface area is 167 Å². The molecular weight excluding hydrogens is 384 g/mol. The maximum atomic E-state index is 10.6. The summed E-state index contributed by atoms with van der Waals surface area (Å²) in [6.07, 6.45) is 0.890. The second-order valence-corrected chi connectivity index (χ2v) is 6.61. The monoisotopic (exact) mass is 402 g/mol. The van der Waals surface area contributed by atoms with E-state index in [0.29, 0.717) is 28.7 Å². The molecule has 0 aliphatic carbocycles. The van der Waals surface area contributed by atoms with Crippen LogP contribution in [0.3, 0.4) is 0 Å². The zero-order chi connectivity index (χ0) is 19.4. The van der Waals surface area contributed by atoms with Gasteiger partial charge in [-0.1, -0.05) is 36.7 Å². The number of ether oxygens (including phenoxy) is 1. The molecule has 0 saturated carbocycles. The van der Waals surface area contributed by atoms with Crippen LogP contribution in [0, 0.1) is 0 Å². The Hall–Kier alpha value is -2.64. The number of azo groups is 1. The SMILES string of the molecule is CCCn1c(O)c(N=NC(=S)Nc2ccc(OC)c(Cl)c2)c2ccccc21. The molecule has 0 bridgehead atoms. The van der Waals surface area contributed by atoms with Crippen molar-refractivity contribution in [1.82, 2.24) is 4.57 Å². The number of aryl methyl sites for hydroxylation is 1. The second-order valence-electron chi connectivity index (χ2n) is 5.82. The fourth-order valence-corrected chi connectivity index (χ4v) is 3.22. The summed E-state index contributed by atoms with van der Waals surface area (Å²) in [6, 6.07) is 12.9. The second kappa shape index (κ2) is 8.37. The molecule has 2 aromatic carbocycles. The van der Waals surface area contributed by atoms with Gasteiger partial charge in [0, 0.05) is 17.6 Å². The molecule has 0 fully saturated rings. The van der Waals surface area contributed by atoms with Crippen LogP contribution >= 0.6 is 23.8 Å². The average molecular weight is 403 g/mol. The number of aromatic hydroxyl groups is 1. The molecule has 6 nitrogen and oxygen atoms in total. The third kappa shape index (κ3) is 4.04. The van der Waals surface area contributed by atoms with Crippen LogP contribution in [0.15, 0.2) is 52.7 Å². The van der Waals surface area contributed by atoms with E-state index < -0.39 is 0 Å². The number of hydrogen-bond acceptors (Lipinski definition) is 4. The molecule has 0 amide bonds. The van der Waals surface area contributed by atoms with Crippen molar-refractivity contribution in [2.75, 3.05) is 12.4 Å². The molecule has 1 heterocycles. The number of methoxy groups -OCH3 is 1. The van der Waals surface area contributed by atoms with E-state index in [1.165, 1.54) is 0 Å². The predicted molar refractivity (Wildman–Crippen MR) is 113 cm³/mol. The molecule has 3 aromatic rings. The van der Waals surface area contributed by atoms with Gasteiger partial charge in [0.1, 0.15) is 5.75 Å². The number of halogens is 1. The van der Waals surface area contributed by atoms with Gasteiger partial charge in [-0.2, -0.15) is 0 Å². The van der Waals surface area contributed by atoms with Crippen molar-refractivity contribution in [3.63, 3.8) is 0 Å². The van der Waals surface area contributed by atoms with E-state index in [2.05, 4.69) is 22.5 Å². The van der Waals surface area contributed by atoms with Crippen LogP contribution < -0.4 is 10.1 Å². The highest BCUT2D eigenvalue weighted by Gasteiger charge is 2.15. The van der Waals surface area contributed by atoms with Crippen molar-refractivity contribution in [1.29, 1.82) is 0 Å². The summed E-state index contributed by atoms with van der Waals surface area (Å²) < 4.78 is 6.94. The number of rotatable bonds is 5. The van der Waals surface area contributed by atoms with Gasteiger partial charge in [0.2, 0.25) is 11.0 Å². The fourth-order valence-electron chi connectivity index (χ4n) is 2.81. The van der Waals surface area contributed by atoms with E-state index in [1.807, 2.05) is 28.8 Å². The van der Waals surface area contributed by atoms with Crippen LogP contribution in [0.2, 0.25) is 5.02 Å². The van der Waals surface area contributed by atoms with Crippen molar-refractivity contribution in [2.24, 2.45) is 10.2 Å². The first-order chi connectivity index (χ1) is 13.0. The van der Waals surface area contributed by atoms with E-state index in [-0.39, 0.29) is 11.0 Å². The minimum absolute atomic E-state index is 0.0806. The average Bonchev–Trinajstić information content (AvgIpc) is 2.92. The highest BCUT2D eigenvalue weighted by molar-refractivity contribution is 7.80. The van der Waals surface area contributed by atoms with E-state index in [1.54, 1.807) is 25.3 Å². The number of nitrogens with zero attached hydrogens (tertiary/aromatic N) is 3. The first-order valence-corrected chi connectivity index (χ1v) is 9.20. The molecule has 0 radical (unpaired) electrons. The first-order valence-electron chi connectivity index (χ1n) is 8.41. The highest BCUT2D eigenvalue weighted by Crippen LogP contribution is 2.39. The molecule has 140 valence electrons. The summed E-state index contributed by atoms with van der Waals surface area (Å²) in [7, 11) is 1.55. The molecule has 0 aliphatic heterocycles. The molecule has 0 saturated heterocycles. The van der Waals surface area contributed by atoms with Crippen LogP contribution in [0.4, 0.5) is 11.4 Å². The number of anilines is 1. The Morgan fingerprint density at radius 3 is 2.78 bits per heavy atom. The molecule has 3 rings (SSSR count). The minimum atomic E-state index is 0.0806. The first kappa shape index (κ1) is 19.1. The maximum absolute atomic E-state index is 10.6. The Kier molecular flexibility index (Phi) is 5.93.